The number of benzene rings is 2. The Labute approximate surface area is 138 Å². The molecule has 0 aliphatic carbocycles. The lowest BCUT2D eigenvalue weighted by atomic mass is 9.92. The zero-order valence-corrected chi connectivity index (χ0v) is 14.7. The molecule has 2 aromatic carbocycles. The first-order valence-corrected chi connectivity index (χ1v) is 8.48. The monoisotopic (exact) mass is 395 g/mol. The molecule has 106 valence electrons. The number of nitrogens with one attached hydrogen (secondary N) is 1. The van der Waals surface area contributed by atoms with E-state index < -0.39 is 0 Å². The fraction of sp³-hybridized carbons (Fsp3) is 0.294. The van der Waals surface area contributed by atoms with E-state index in [-0.39, 0.29) is 0 Å². The van der Waals surface area contributed by atoms with Gasteiger partial charge in [0.05, 0.1) is 0 Å². The first-order valence-electron chi connectivity index (χ1n) is 6.89. The molecule has 1 nitrogen and oxygen atoms in total. The third-order valence-electron chi connectivity index (χ3n) is 3.36. The lowest BCUT2D eigenvalue weighted by Gasteiger charge is -2.18. The fourth-order valence-electron chi connectivity index (χ4n) is 2.29. The van der Waals surface area contributed by atoms with Crippen molar-refractivity contribution in [1.82, 2.24) is 5.32 Å². The Morgan fingerprint density at radius 3 is 2.40 bits per heavy atom. The van der Waals surface area contributed by atoms with Crippen LogP contribution in [-0.2, 0) is 6.42 Å². The average molecular weight is 397 g/mol. The summed E-state index contributed by atoms with van der Waals surface area (Å²) in [5, 5.41) is 3.47. The molecule has 0 bridgehead atoms. The van der Waals surface area contributed by atoms with Crippen LogP contribution in [0.15, 0.2) is 57.5 Å². The molecule has 0 fully saturated rings. The van der Waals surface area contributed by atoms with Crippen LogP contribution in [0.3, 0.4) is 0 Å². The third-order valence-corrected chi connectivity index (χ3v) is 4.38. The number of halogens is 2. The summed E-state index contributed by atoms with van der Waals surface area (Å²) < 4.78 is 2.28. The molecule has 0 spiro atoms. The van der Waals surface area contributed by atoms with Crippen molar-refractivity contribution in [3.63, 3.8) is 0 Å². The van der Waals surface area contributed by atoms with E-state index in [2.05, 4.69) is 92.6 Å². The van der Waals surface area contributed by atoms with E-state index in [0.717, 1.165) is 28.5 Å². The van der Waals surface area contributed by atoms with Crippen molar-refractivity contribution in [2.24, 2.45) is 0 Å². The summed E-state index contributed by atoms with van der Waals surface area (Å²) >= 11 is 7.06. The molecule has 2 aromatic rings. The van der Waals surface area contributed by atoms with Crippen molar-refractivity contribution < 1.29 is 0 Å². The average Bonchev–Trinajstić information content (AvgIpc) is 2.45. The molecule has 1 unspecified atom stereocenters. The van der Waals surface area contributed by atoms with E-state index in [1.165, 1.54) is 11.1 Å². The molecule has 0 aliphatic rings. The fourth-order valence-corrected chi connectivity index (χ4v) is 2.97. The van der Waals surface area contributed by atoms with E-state index in [9.17, 15) is 0 Å². The smallest absolute Gasteiger partial charge is 0.0178 e. The normalized spacial score (nSPS) is 12.3. The summed E-state index contributed by atoms with van der Waals surface area (Å²) in [7, 11) is 0. The van der Waals surface area contributed by atoms with E-state index in [0.29, 0.717) is 5.92 Å². The van der Waals surface area contributed by atoms with Crippen LogP contribution >= 0.6 is 31.9 Å². The Balaban J connectivity index is 2.16. The molecular weight excluding hydrogens is 378 g/mol. The van der Waals surface area contributed by atoms with Gasteiger partial charge in [-0.25, -0.2) is 0 Å². The van der Waals surface area contributed by atoms with Gasteiger partial charge in [0.15, 0.2) is 0 Å². The third kappa shape index (κ3) is 4.72. The molecule has 0 heterocycles. The standard InChI is InChI=1S/C17H19Br2N/c1-2-20-12-15(14-4-3-5-17(19)11-14)10-13-6-8-16(18)9-7-13/h3-9,11,15,20H,2,10,12H2,1H3. The van der Waals surface area contributed by atoms with Gasteiger partial charge in [0.2, 0.25) is 0 Å². The zero-order valence-electron chi connectivity index (χ0n) is 11.6. The molecule has 0 saturated carbocycles. The van der Waals surface area contributed by atoms with Crippen molar-refractivity contribution in [1.29, 1.82) is 0 Å². The SMILES string of the molecule is CCNCC(Cc1ccc(Br)cc1)c1cccc(Br)c1. The van der Waals surface area contributed by atoms with Gasteiger partial charge in [0.25, 0.3) is 0 Å². The molecule has 0 saturated heterocycles. The molecule has 20 heavy (non-hydrogen) atoms. The van der Waals surface area contributed by atoms with Crippen LogP contribution in [0.1, 0.15) is 24.0 Å². The predicted molar refractivity (Wildman–Crippen MR) is 93.3 cm³/mol. The molecule has 1 atom stereocenters. The molecule has 0 aromatic heterocycles. The van der Waals surface area contributed by atoms with Gasteiger partial charge < -0.3 is 5.32 Å². The lowest BCUT2D eigenvalue weighted by Crippen LogP contribution is -2.22. The van der Waals surface area contributed by atoms with Gasteiger partial charge in [-0.2, -0.15) is 0 Å². The Bertz CT molecular complexity index is 537. The molecule has 0 radical (unpaired) electrons. The van der Waals surface area contributed by atoms with Gasteiger partial charge >= 0.3 is 0 Å². The molecule has 2 rings (SSSR count). The van der Waals surface area contributed by atoms with E-state index >= 15 is 0 Å². The van der Waals surface area contributed by atoms with Gasteiger partial charge in [-0.15, -0.1) is 0 Å². The highest BCUT2D eigenvalue weighted by Gasteiger charge is 2.12. The van der Waals surface area contributed by atoms with E-state index in [1.807, 2.05) is 0 Å². The first-order chi connectivity index (χ1) is 9.69. The van der Waals surface area contributed by atoms with E-state index in [1.54, 1.807) is 0 Å². The maximum Gasteiger partial charge on any atom is 0.0178 e. The van der Waals surface area contributed by atoms with Gasteiger partial charge in [-0.05, 0) is 48.4 Å². The van der Waals surface area contributed by atoms with Crippen LogP contribution in [0, 0.1) is 0 Å². The maximum atomic E-state index is 3.57. The largest absolute Gasteiger partial charge is 0.316 e. The summed E-state index contributed by atoms with van der Waals surface area (Å²) in [5.41, 5.74) is 2.75. The topological polar surface area (TPSA) is 12.0 Å². The van der Waals surface area contributed by atoms with Crippen LogP contribution in [0.5, 0.6) is 0 Å². The zero-order chi connectivity index (χ0) is 14.4. The predicted octanol–water partition coefficient (Wildman–Crippen LogP) is 5.15. The number of rotatable bonds is 6. The summed E-state index contributed by atoms with van der Waals surface area (Å²) in [6.45, 7) is 4.16. The van der Waals surface area contributed by atoms with Gasteiger partial charge in [0, 0.05) is 21.4 Å². The minimum absolute atomic E-state index is 0.494. The maximum absolute atomic E-state index is 3.57. The summed E-state index contributed by atoms with van der Waals surface area (Å²) in [6.07, 6.45) is 1.05. The van der Waals surface area contributed by atoms with Crippen molar-refractivity contribution in [3.05, 3.63) is 68.6 Å². The summed E-state index contributed by atoms with van der Waals surface area (Å²) in [5.74, 6) is 0.494. The van der Waals surface area contributed by atoms with Crippen LogP contribution in [0.4, 0.5) is 0 Å². The second-order valence-electron chi connectivity index (χ2n) is 4.89. The first kappa shape index (κ1) is 15.7. The Morgan fingerprint density at radius 1 is 1.00 bits per heavy atom. The van der Waals surface area contributed by atoms with Crippen LogP contribution in [0.25, 0.3) is 0 Å². The molecular formula is C17H19Br2N. The van der Waals surface area contributed by atoms with Gasteiger partial charge in [-0.3, -0.25) is 0 Å². The van der Waals surface area contributed by atoms with Crippen molar-refractivity contribution in [3.8, 4) is 0 Å². The molecule has 3 heteroatoms. The summed E-state index contributed by atoms with van der Waals surface area (Å²) in [4.78, 5) is 0. The highest BCUT2D eigenvalue weighted by atomic mass is 79.9. The van der Waals surface area contributed by atoms with Crippen LogP contribution in [-0.4, -0.2) is 13.1 Å². The lowest BCUT2D eigenvalue weighted by molar-refractivity contribution is 0.595. The Morgan fingerprint density at radius 2 is 1.75 bits per heavy atom. The number of hydrogen-bond acceptors (Lipinski definition) is 1. The second-order valence-corrected chi connectivity index (χ2v) is 6.72. The van der Waals surface area contributed by atoms with Crippen LogP contribution in [0.2, 0.25) is 0 Å². The van der Waals surface area contributed by atoms with Gasteiger partial charge in [-0.1, -0.05) is 63.0 Å². The molecule has 0 amide bonds. The van der Waals surface area contributed by atoms with Crippen molar-refractivity contribution in [2.75, 3.05) is 13.1 Å². The van der Waals surface area contributed by atoms with Gasteiger partial charge in [0.1, 0.15) is 0 Å². The molecule has 0 aliphatic heterocycles. The quantitative estimate of drug-likeness (QED) is 0.711. The summed E-state index contributed by atoms with van der Waals surface area (Å²) in [6, 6.07) is 17.2. The number of hydrogen-bond donors (Lipinski definition) is 1. The Hall–Kier alpha value is -0.640. The highest BCUT2D eigenvalue weighted by Crippen LogP contribution is 2.24. The minimum Gasteiger partial charge on any atom is -0.316 e. The number of likely N-dealkylation sites (N-methyl/N-ethyl adjacent to an activating group) is 1. The van der Waals surface area contributed by atoms with Crippen molar-refractivity contribution >= 4 is 31.9 Å². The van der Waals surface area contributed by atoms with Crippen LogP contribution < -0.4 is 5.32 Å². The minimum atomic E-state index is 0.494. The molecule has 1 N–H and O–H groups in total. The van der Waals surface area contributed by atoms with Crippen molar-refractivity contribution in [2.45, 2.75) is 19.3 Å². The highest BCUT2D eigenvalue weighted by molar-refractivity contribution is 9.10. The Kier molecular flexibility index (Phi) is 6.27. The second kappa shape index (κ2) is 7.96. The van der Waals surface area contributed by atoms with E-state index in [4.69, 9.17) is 0 Å².